The Morgan fingerprint density at radius 1 is 1.46 bits per heavy atom. The lowest BCUT2D eigenvalue weighted by molar-refractivity contribution is -0.104. The van der Waals surface area contributed by atoms with E-state index in [4.69, 9.17) is 5.26 Å². The highest BCUT2D eigenvalue weighted by molar-refractivity contribution is 5.81. The highest BCUT2D eigenvalue weighted by atomic mass is 16.1. The summed E-state index contributed by atoms with van der Waals surface area (Å²) in [5.41, 5.74) is 1.99. The summed E-state index contributed by atoms with van der Waals surface area (Å²) < 4.78 is 0. The summed E-state index contributed by atoms with van der Waals surface area (Å²) in [5.74, 6) is 0. The summed E-state index contributed by atoms with van der Waals surface area (Å²) in [5, 5.41) is 8.74. The number of nitriles is 1. The Bertz CT molecular complexity index is 385. The number of hydrogen-bond donors (Lipinski definition) is 0. The Morgan fingerprint density at radius 3 is 2.77 bits per heavy atom. The molecule has 0 atom stereocenters. The second-order valence-corrected chi connectivity index (χ2v) is 2.71. The van der Waals surface area contributed by atoms with Crippen LogP contribution in [0.4, 0.5) is 0 Å². The van der Waals surface area contributed by atoms with Crippen molar-refractivity contribution in [3.63, 3.8) is 0 Å². The zero-order valence-corrected chi connectivity index (χ0v) is 7.32. The van der Waals surface area contributed by atoms with Crippen LogP contribution in [0.25, 0.3) is 6.08 Å². The lowest BCUT2D eigenvalue weighted by Gasteiger charge is -1.96. The summed E-state index contributed by atoms with van der Waals surface area (Å²) in [4.78, 5) is 10.4. The van der Waals surface area contributed by atoms with Crippen LogP contribution in [-0.2, 0) is 4.79 Å². The van der Waals surface area contributed by atoms with E-state index < -0.39 is 0 Å². The molecule has 1 rings (SSSR count). The van der Waals surface area contributed by atoms with E-state index in [1.54, 1.807) is 25.1 Å². The zero-order chi connectivity index (χ0) is 9.68. The first-order valence-electron chi connectivity index (χ1n) is 3.90. The van der Waals surface area contributed by atoms with Gasteiger partial charge in [-0.15, -0.1) is 0 Å². The van der Waals surface area contributed by atoms with Crippen LogP contribution in [0.15, 0.2) is 29.8 Å². The van der Waals surface area contributed by atoms with E-state index in [-0.39, 0.29) is 0 Å². The Labute approximate surface area is 77.1 Å². The van der Waals surface area contributed by atoms with Crippen LogP contribution in [0.5, 0.6) is 0 Å². The van der Waals surface area contributed by atoms with Gasteiger partial charge in [-0.1, -0.05) is 18.2 Å². The molecule has 0 saturated heterocycles. The first-order chi connectivity index (χ1) is 6.27. The first kappa shape index (κ1) is 9.21. The molecule has 1 aromatic rings. The molecule has 13 heavy (non-hydrogen) atoms. The van der Waals surface area contributed by atoms with Crippen LogP contribution in [0, 0.1) is 11.3 Å². The monoisotopic (exact) mass is 171 g/mol. The molecule has 0 spiro atoms. The van der Waals surface area contributed by atoms with Gasteiger partial charge in [0.25, 0.3) is 0 Å². The summed E-state index contributed by atoms with van der Waals surface area (Å²) in [7, 11) is 0. The fourth-order valence-electron chi connectivity index (χ4n) is 1.00. The molecule has 0 aromatic heterocycles. The molecule has 0 aliphatic carbocycles. The van der Waals surface area contributed by atoms with E-state index in [2.05, 4.69) is 6.07 Å². The Balaban J connectivity index is 3.16. The molecular weight excluding hydrogens is 162 g/mol. The van der Waals surface area contributed by atoms with E-state index in [0.29, 0.717) is 11.1 Å². The van der Waals surface area contributed by atoms with Gasteiger partial charge in [-0.2, -0.15) is 5.26 Å². The normalized spacial score (nSPS) is 10.6. The molecule has 0 fully saturated rings. The molecule has 2 nitrogen and oxygen atoms in total. The predicted molar refractivity (Wildman–Crippen MR) is 50.9 cm³/mol. The number of benzene rings is 1. The average Bonchev–Trinajstić information content (AvgIpc) is 2.18. The predicted octanol–water partition coefficient (Wildman–Crippen LogP) is 2.16. The minimum atomic E-state index is 0.587. The minimum Gasteiger partial charge on any atom is -0.298 e. The van der Waals surface area contributed by atoms with Gasteiger partial charge < -0.3 is 0 Å². The van der Waals surface area contributed by atoms with Crippen molar-refractivity contribution in [1.82, 2.24) is 0 Å². The number of carbonyl (C=O) groups is 1. The van der Waals surface area contributed by atoms with E-state index >= 15 is 0 Å². The van der Waals surface area contributed by atoms with E-state index in [1.165, 1.54) is 0 Å². The molecule has 0 aliphatic rings. The van der Waals surface area contributed by atoms with Crippen molar-refractivity contribution in [3.05, 3.63) is 41.0 Å². The van der Waals surface area contributed by atoms with Crippen molar-refractivity contribution >= 4 is 12.4 Å². The highest BCUT2D eigenvalue weighted by Gasteiger charge is 1.96. The van der Waals surface area contributed by atoms with Crippen molar-refractivity contribution in [2.45, 2.75) is 6.92 Å². The van der Waals surface area contributed by atoms with Crippen molar-refractivity contribution in [3.8, 4) is 6.07 Å². The molecule has 0 bridgehead atoms. The lowest BCUT2D eigenvalue weighted by Crippen LogP contribution is -1.83. The maximum atomic E-state index is 10.4. The van der Waals surface area contributed by atoms with Crippen LogP contribution in [0.3, 0.4) is 0 Å². The third-order valence-electron chi connectivity index (χ3n) is 1.65. The molecule has 1 aromatic carbocycles. The lowest BCUT2D eigenvalue weighted by atomic mass is 10.1. The SMILES string of the molecule is C/C(C=O)=C/c1ccccc1C#N. The number of hydrogen-bond acceptors (Lipinski definition) is 2. The topological polar surface area (TPSA) is 40.9 Å². The van der Waals surface area contributed by atoms with Crippen LogP contribution < -0.4 is 0 Å². The Morgan fingerprint density at radius 2 is 2.15 bits per heavy atom. The number of rotatable bonds is 2. The van der Waals surface area contributed by atoms with Crippen molar-refractivity contribution < 1.29 is 4.79 Å². The van der Waals surface area contributed by atoms with Crippen LogP contribution >= 0.6 is 0 Å². The quantitative estimate of drug-likeness (QED) is 0.505. The van der Waals surface area contributed by atoms with Crippen LogP contribution in [-0.4, -0.2) is 6.29 Å². The third kappa shape index (κ3) is 2.28. The maximum absolute atomic E-state index is 10.4. The summed E-state index contributed by atoms with van der Waals surface area (Å²) in [6.45, 7) is 1.71. The number of carbonyl (C=O) groups excluding carboxylic acids is 1. The smallest absolute Gasteiger partial charge is 0.145 e. The number of aldehydes is 1. The third-order valence-corrected chi connectivity index (χ3v) is 1.65. The van der Waals surface area contributed by atoms with E-state index in [1.807, 2.05) is 12.1 Å². The molecule has 0 radical (unpaired) electrons. The fourth-order valence-corrected chi connectivity index (χ4v) is 1.00. The van der Waals surface area contributed by atoms with Gasteiger partial charge in [0.1, 0.15) is 6.29 Å². The molecule has 0 N–H and O–H groups in total. The fraction of sp³-hybridized carbons (Fsp3) is 0.0909. The van der Waals surface area contributed by atoms with Gasteiger partial charge in [0.2, 0.25) is 0 Å². The van der Waals surface area contributed by atoms with Gasteiger partial charge in [-0.3, -0.25) is 4.79 Å². The number of allylic oxidation sites excluding steroid dienone is 1. The summed E-state index contributed by atoms with van der Waals surface area (Å²) in [6.07, 6.45) is 2.47. The molecule has 0 amide bonds. The molecule has 0 unspecified atom stereocenters. The first-order valence-corrected chi connectivity index (χ1v) is 3.90. The second-order valence-electron chi connectivity index (χ2n) is 2.71. The van der Waals surface area contributed by atoms with Gasteiger partial charge in [-0.25, -0.2) is 0 Å². The molecule has 0 aliphatic heterocycles. The highest BCUT2D eigenvalue weighted by Crippen LogP contribution is 2.10. The van der Waals surface area contributed by atoms with Crippen LogP contribution in [0.2, 0.25) is 0 Å². The summed E-state index contributed by atoms with van der Waals surface area (Å²) >= 11 is 0. The Hall–Kier alpha value is -1.88. The largest absolute Gasteiger partial charge is 0.298 e. The van der Waals surface area contributed by atoms with Crippen molar-refractivity contribution in [2.24, 2.45) is 0 Å². The summed E-state index contributed by atoms with van der Waals surface area (Å²) in [6, 6.07) is 9.24. The standard InChI is InChI=1S/C11H9NO/c1-9(8-13)6-10-4-2-3-5-11(10)7-12/h2-6,8H,1H3/b9-6-. The minimum absolute atomic E-state index is 0.587. The van der Waals surface area contributed by atoms with Crippen LogP contribution in [0.1, 0.15) is 18.1 Å². The Kier molecular flexibility index (Phi) is 2.99. The zero-order valence-electron chi connectivity index (χ0n) is 7.32. The molecule has 2 heteroatoms. The van der Waals surface area contributed by atoms with E-state index in [0.717, 1.165) is 11.8 Å². The molecule has 0 heterocycles. The van der Waals surface area contributed by atoms with Gasteiger partial charge >= 0.3 is 0 Å². The average molecular weight is 171 g/mol. The van der Waals surface area contributed by atoms with Crippen molar-refractivity contribution in [1.29, 1.82) is 5.26 Å². The van der Waals surface area contributed by atoms with Gasteiger partial charge in [0.15, 0.2) is 0 Å². The molecule has 0 saturated carbocycles. The van der Waals surface area contributed by atoms with E-state index in [9.17, 15) is 4.79 Å². The maximum Gasteiger partial charge on any atom is 0.145 e. The van der Waals surface area contributed by atoms with Gasteiger partial charge in [0.05, 0.1) is 11.6 Å². The van der Waals surface area contributed by atoms with Gasteiger partial charge in [0, 0.05) is 0 Å². The molecular formula is C11H9NO. The van der Waals surface area contributed by atoms with Crippen molar-refractivity contribution in [2.75, 3.05) is 0 Å². The molecule has 64 valence electrons. The number of nitrogens with zero attached hydrogens (tertiary/aromatic N) is 1. The second kappa shape index (κ2) is 4.22. The van der Waals surface area contributed by atoms with Gasteiger partial charge in [-0.05, 0) is 30.2 Å².